The van der Waals surface area contributed by atoms with Crippen LogP contribution in [0.5, 0.6) is 0 Å². The molecular weight excluding hydrogens is 308 g/mol. The number of pyridine rings is 1. The molecule has 0 amide bonds. The van der Waals surface area contributed by atoms with Gasteiger partial charge in [-0.05, 0) is 49.4 Å². The first kappa shape index (κ1) is 16.7. The SMILES string of the molecule is CC(N)(c1ccccn1)N1CCNCC1C1CCCc2ccccc21. The van der Waals surface area contributed by atoms with E-state index in [-0.39, 0.29) is 0 Å². The minimum absolute atomic E-state index is 0.396. The van der Waals surface area contributed by atoms with E-state index in [1.807, 2.05) is 24.4 Å². The molecule has 1 fully saturated rings. The molecule has 3 atom stereocenters. The third-order valence-electron chi connectivity index (χ3n) is 5.94. The molecule has 2 aromatic rings. The van der Waals surface area contributed by atoms with Crippen molar-refractivity contribution in [3.8, 4) is 0 Å². The van der Waals surface area contributed by atoms with Gasteiger partial charge in [0.05, 0.1) is 5.69 Å². The molecule has 2 aliphatic rings. The lowest BCUT2D eigenvalue weighted by Gasteiger charge is -2.49. The molecule has 132 valence electrons. The van der Waals surface area contributed by atoms with Crippen LogP contribution in [0.3, 0.4) is 0 Å². The predicted molar refractivity (Wildman–Crippen MR) is 101 cm³/mol. The summed E-state index contributed by atoms with van der Waals surface area (Å²) in [5.74, 6) is 0.532. The minimum Gasteiger partial charge on any atom is -0.314 e. The highest BCUT2D eigenvalue weighted by Gasteiger charge is 2.41. The second-order valence-electron chi connectivity index (χ2n) is 7.52. The number of hydrogen-bond donors (Lipinski definition) is 2. The zero-order valence-corrected chi connectivity index (χ0v) is 15.0. The fourth-order valence-corrected chi connectivity index (χ4v) is 4.66. The number of rotatable bonds is 3. The average molecular weight is 336 g/mol. The smallest absolute Gasteiger partial charge is 0.110 e. The van der Waals surface area contributed by atoms with Gasteiger partial charge in [0.1, 0.15) is 5.66 Å². The molecule has 3 N–H and O–H groups in total. The van der Waals surface area contributed by atoms with Crippen molar-refractivity contribution in [2.45, 2.75) is 43.8 Å². The Bertz CT molecular complexity index is 713. The first-order valence-corrected chi connectivity index (χ1v) is 9.43. The summed E-state index contributed by atoms with van der Waals surface area (Å²) in [5, 5.41) is 3.60. The summed E-state index contributed by atoms with van der Waals surface area (Å²) in [6.45, 7) is 5.03. The van der Waals surface area contributed by atoms with Crippen molar-refractivity contribution >= 4 is 0 Å². The van der Waals surface area contributed by atoms with Gasteiger partial charge in [0.2, 0.25) is 0 Å². The molecule has 2 heterocycles. The summed E-state index contributed by atoms with van der Waals surface area (Å²) in [4.78, 5) is 7.05. The Kier molecular flexibility index (Phi) is 4.59. The number of hydrogen-bond acceptors (Lipinski definition) is 4. The molecule has 1 aliphatic heterocycles. The zero-order chi connectivity index (χ0) is 17.3. The molecule has 3 unspecified atom stereocenters. The number of piperazine rings is 1. The second kappa shape index (κ2) is 6.87. The molecule has 4 rings (SSSR count). The Labute approximate surface area is 150 Å². The number of benzene rings is 1. The zero-order valence-electron chi connectivity index (χ0n) is 15.0. The van der Waals surface area contributed by atoms with E-state index in [1.54, 1.807) is 0 Å². The molecule has 0 radical (unpaired) electrons. The third kappa shape index (κ3) is 3.10. The van der Waals surface area contributed by atoms with E-state index in [2.05, 4.69) is 46.4 Å². The molecule has 1 aromatic carbocycles. The summed E-state index contributed by atoms with van der Waals surface area (Å²) in [5.41, 5.74) is 10.3. The number of aromatic nitrogens is 1. The minimum atomic E-state index is -0.555. The van der Waals surface area contributed by atoms with Gasteiger partial charge in [-0.25, -0.2) is 0 Å². The van der Waals surface area contributed by atoms with Crippen LogP contribution in [0.1, 0.15) is 42.5 Å². The van der Waals surface area contributed by atoms with Gasteiger partial charge >= 0.3 is 0 Å². The molecule has 0 saturated carbocycles. The largest absolute Gasteiger partial charge is 0.314 e. The maximum Gasteiger partial charge on any atom is 0.110 e. The standard InChI is InChI=1S/C21H28N4/c1-21(22,20-11-4-5-12-24-20)25-14-13-23-15-19(25)18-10-6-8-16-7-2-3-9-17(16)18/h2-5,7,9,11-12,18-19,23H,6,8,10,13-15,22H2,1H3. The van der Waals surface area contributed by atoms with Crippen LogP contribution < -0.4 is 11.1 Å². The average Bonchev–Trinajstić information content (AvgIpc) is 2.68. The molecule has 25 heavy (non-hydrogen) atoms. The number of nitrogens with one attached hydrogen (secondary N) is 1. The maximum absolute atomic E-state index is 6.87. The lowest BCUT2D eigenvalue weighted by Crippen LogP contribution is -2.64. The van der Waals surface area contributed by atoms with Crippen molar-refractivity contribution in [2.24, 2.45) is 5.73 Å². The van der Waals surface area contributed by atoms with Gasteiger partial charge in [-0.3, -0.25) is 9.88 Å². The normalized spacial score (nSPS) is 26.6. The van der Waals surface area contributed by atoms with Gasteiger partial charge < -0.3 is 11.1 Å². The highest BCUT2D eigenvalue weighted by molar-refractivity contribution is 5.34. The maximum atomic E-state index is 6.87. The fourth-order valence-electron chi connectivity index (χ4n) is 4.66. The van der Waals surface area contributed by atoms with Crippen molar-refractivity contribution in [3.05, 3.63) is 65.5 Å². The highest BCUT2D eigenvalue weighted by atomic mass is 15.3. The van der Waals surface area contributed by atoms with Crippen molar-refractivity contribution in [1.29, 1.82) is 0 Å². The Morgan fingerprint density at radius 1 is 1.20 bits per heavy atom. The first-order chi connectivity index (χ1) is 12.2. The summed E-state index contributed by atoms with van der Waals surface area (Å²) in [6.07, 6.45) is 5.54. The number of fused-ring (bicyclic) bond motifs is 1. The van der Waals surface area contributed by atoms with E-state index in [4.69, 9.17) is 5.73 Å². The quantitative estimate of drug-likeness (QED) is 0.905. The lowest BCUT2D eigenvalue weighted by molar-refractivity contribution is 0.0195. The topological polar surface area (TPSA) is 54.2 Å². The summed E-state index contributed by atoms with van der Waals surface area (Å²) >= 11 is 0. The Balaban J connectivity index is 1.69. The molecule has 0 bridgehead atoms. The number of nitrogens with two attached hydrogens (primary N) is 1. The van der Waals surface area contributed by atoms with E-state index >= 15 is 0 Å². The van der Waals surface area contributed by atoms with Crippen LogP contribution >= 0.6 is 0 Å². The first-order valence-electron chi connectivity index (χ1n) is 9.43. The van der Waals surface area contributed by atoms with Gasteiger partial charge in [0.25, 0.3) is 0 Å². The van der Waals surface area contributed by atoms with E-state index in [0.29, 0.717) is 12.0 Å². The van der Waals surface area contributed by atoms with Gasteiger partial charge in [0.15, 0.2) is 0 Å². The molecule has 0 spiro atoms. The molecule has 4 heteroatoms. The van der Waals surface area contributed by atoms with Crippen LogP contribution in [0.2, 0.25) is 0 Å². The van der Waals surface area contributed by atoms with Crippen LogP contribution in [0.15, 0.2) is 48.7 Å². The molecular formula is C21H28N4. The van der Waals surface area contributed by atoms with Crippen LogP contribution in [0, 0.1) is 0 Å². The molecule has 1 aromatic heterocycles. The summed E-state index contributed by atoms with van der Waals surface area (Å²) < 4.78 is 0. The highest BCUT2D eigenvalue weighted by Crippen LogP contribution is 2.39. The van der Waals surface area contributed by atoms with Gasteiger partial charge in [0, 0.05) is 37.8 Å². The van der Waals surface area contributed by atoms with Crippen LogP contribution in [-0.2, 0) is 12.1 Å². The second-order valence-corrected chi connectivity index (χ2v) is 7.52. The van der Waals surface area contributed by atoms with Crippen LogP contribution in [0.4, 0.5) is 0 Å². The van der Waals surface area contributed by atoms with E-state index in [0.717, 1.165) is 25.3 Å². The van der Waals surface area contributed by atoms with Crippen molar-refractivity contribution < 1.29 is 0 Å². The van der Waals surface area contributed by atoms with Gasteiger partial charge in [-0.1, -0.05) is 30.3 Å². The van der Waals surface area contributed by atoms with Crippen LogP contribution in [-0.4, -0.2) is 35.6 Å². The number of aryl methyl sites for hydroxylation is 1. The van der Waals surface area contributed by atoms with Crippen molar-refractivity contribution in [3.63, 3.8) is 0 Å². The summed E-state index contributed by atoms with van der Waals surface area (Å²) in [6, 6.07) is 15.4. The van der Waals surface area contributed by atoms with Gasteiger partial charge in [-0.2, -0.15) is 0 Å². The van der Waals surface area contributed by atoms with Crippen LogP contribution in [0.25, 0.3) is 0 Å². The fraction of sp³-hybridized carbons (Fsp3) is 0.476. The van der Waals surface area contributed by atoms with Gasteiger partial charge in [-0.15, -0.1) is 0 Å². The van der Waals surface area contributed by atoms with Crippen molar-refractivity contribution in [2.75, 3.05) is 19.6 Å². The monoisotopic (exact) mass is 336 g/mol. The Morgan fingerprint density at radius 2 is 2.04 bits per heavy atom. The van der Waals surface area contributed by atoms with E-state index < -0.39 is 5.66 Å². The molecule has 1 aliphatic carbocycles. The van der Waals surface area contributed by atoms with Crippen molar-refractivity contribution in [1.82, 2.24) is 15.2 Å². The molecule has 1 saturated heterocycles. The molecule has 4 nitrogen and oxygen atoms in total. The lowest BCUT2D eigenvalue weighted by atomic mass is 9.77. The Morgan fingerprint density at radius 3 is 2.88 bits per heavy atom. The summed E-state index contributed by atoms with van der Waals surface area (Å²) in [7, 11) is 0. The third-order valence-corrected chi connectivity index (χ3v) is 5.94. The number of nitrogens with zero attached hydrogens (tertiary/aromatic N) is 2. The Hall–Kier alpha value is -1.75. The van der Waals surface area contributed by atoms with E-state index in [1.165, 1.54) is 30.4 Å². The van der Waals surface area contributed by atoms with E-state index in [9.17, 15) is 0 Å². The predicted octanol–water partition coefficient (Wildman–Crippen LogP) is 2.61.